The molecular formula is C14H23N5OS. The molecule has 3 rings (SSSR count). The van der Waals surface area contributed by atoms with Crippen molar-refractivity contribution in [1.82, 2.24) is 14.8 Å². The van der Waals surface area contributed by atoms with Gasteiger partial charge in [-0.3, -0.25) is 0 Å². The van der Waals surface area contributed by atoms with Gasteiger partial charge in [-0.1, -0.05) is 0 Å². The van der Waals surface area contributed by atoms with E-state index in [1.165, 1.54) is 0 Å². The van der Waals surface area contributed by atoms with E-state index in [1.54, 1.807) is 16.2 Å². The standard InChI is InChI=1S/C14H23N5OS/c1-17(2)9-11-7-10-8-18(13(15)20)5-3-12(10)19(11)14-16-4-6-21-14/h4,6,10-12H,3,5,7-9H2,1-2H3,(H2,15,20)/t10-,11+,12+/m1/s1. The lowest BCUT2D eigenvalue weighted by Crippen LogP contribution is -2.50. The van der Waals surface area contributed by atoms with Gasteiger partial charge < -0.3 is 20.4 Å². The van der Waals surface area contributed by atoms with Crippen LogP contribution in [0.25, 0.3) is 0 Å². The number of rotatable bonds is 3. The maximum absolute atomic E-state index is 11.4. The highest BCUT2D eigenvalue weighted by Crippen LogP contribution is 2.39. The second kappa shape index (κ2) is 5.81. The number of nitrogens with zero attached hydrogens (tertiary/aromatic N) is 4. The van der Waals surface area contributed by atoms with Gasteiger partial charge in [-0.2, -0.15) is 0 Å². The quantitative estimate of drug-likeness (QED) is 0.906. The molecule has 2 aliphatic rings. The molecule has 0 bridgehead atoms. The number of likely N-dealkylation sites (tertiary alicyclic amines) is 1. The van der Waals surface area contributed by atoms with Gasteiger partial charge in [0, 0.05) is 43.3 Å². The molecule has 116 valence electrons. The molecule has 6 nitrogen and oxygen atoms in total. The molecule has 7 heteroatoms. The normalized spacial score (nSPS) is 29.0. The number of carbonyl (C=O) groups excluding carboxylic acids is 1. The highest BCUT2D eigenvalue weighted by molar-refractivity contribution is 7.13. The van der Waals surface area contributed by atoms with Crippen LogP contribution in [0.3, 0.4) is 0 Å². The number of urea groups is 1. The zero-order chi connectivity index (χ0) is 15.0. The van der Waals surface area contributed by atoms with Gasteiger partial charge in [0.05, 0.1) is 0 Å². The zero-order valence-electron chi connectivity index (χ0n) is 12.6. The van der Waals surface area contributed by atoms with Crippen molar-refractivity contribution in [2.45, 2.75) is 24.9 Å². The summed E-state index contributed by atoms with van der Waals surface area (Å²) in [5.74, 6) is 0.500. The number of aromatic nitrogens is 1. The topological polar surface area (TPSA) is 65.7 Å². The van der Waals surface area contributed by atoms with Crippen LogP contribution in [-0.4, -0.2) is 66.6 Å². The van der Waals surface area contributed by atoms with E-state index >= 15 is 0 Å². The zero-order valence-corrected chi connectivity index (χ0v) is 13.4. The summed E-state index contributed by atoms with van der Waals surface area (Å²) in [6.07, 6.45) is 3.96. The third kappa shape index (κ3) is 2.85. The Hall–Kier alpha value is -1.34. The number of amides is 2. The maximum atomic E-state index is 11.4. The van der Waals surface area contributed by atoms with E-state index in [-0.39, 0.29) is 6.03 Å². The summed E-state index contributed by atoms with van der Waals surface area (Å²) < 4.78 is 0. The van der Waals surface area contributed by atoms with E-state index in [1.807, 2.05) is 11.6 Å². The fourth-order valence-electron chi connectivity index (χ4n) is 3.78. The summed E-state index contributed by atoms with van der Waals surface area (Å²) in [7, 11) is 4.22. The molecule has 3 heterocycles. The minimum absolute atomic E-state index is 0.287. The van der Waals surface area contributed by atoms with Crippen molar-refractivity contribution in [3.05, 3.63) is 11.6 Å². The van der Waals surface area contributed by atoms with Crippen LogP contribution in [-0.2, 0) is 0 Å². The van der Waals surface area contributed by atoms with Crippen LogP contribution < -0.4 is 10.6 Å². The number of anilines is 1. The molecule has 0 unspecified atom stereocenters. The van der Waals surface area contributed by atoms with E-state index in [9.17, 15) is 4.79 Å². The fourth-order valence-corrected chi connectivity index (χ4v) is 4.55. The van der Waals surface area contributed by atoms with Gasteiger partial charge >= 0.3 is 6.03 Å². The van der Waals surface area contributed by atoms with Gasteiger partial charge in [-0.05, 0) is 32.9 Å². The summed E-state index contributed by atoms with van der Waals surface area (Å²) >= 11 is 1.70. The molecule has 2 saturated heterocycles. The lowest BCUT2D eigenvalue weighted by Gasteiger charge is -2.38. The minimum atomic E-state index is -0.287. The Morgan fingerprint density at radius 1 is 1.57 bits per heavy atom. The molecule has 3 atom stereocenters. The number of hydrogen-bond donors (Lipinski definition) is 1. The molecule has 1 aromatic heterocycles. The van der Waals surface area contributed by atoms with E-state index in [0.717, 1.165) is 37.6 Å². The van der Waals surface area contributed by atoms with Gasteiger partial charge in [0.25, 0.3) is 0 Å². The van der Waals surface area contributed by atoms with E-state index in [0.29, 0.717) is 18.0 Å². The molecule has 0 spiro atoms. The first-order valence-electron chi connectivity index (χ1n) is 7.43. The first kappa shape index (κ1) is 14.6. The Morgan fingerprint density at radius 2 is 2.38 bits per heavy atom. The number of piperidine rings is 1. The molecule has 1 aromatic rings. The number of primary amides is 1. The molecule has 2 N–H and O–H groups in total. The Bertz CT molecular complexity index is 492. The van der Waals surface area contributed by atoms with Crippen LogP contribution in [0.4, 0.5) is 9.93 Å². The summed E-state index contributed by atoms with van der Waals surface area (Å²) in [6.45, 7) is 2.56. The Morgan fingerprint density at radius 3 is 3.00 bits per heavy atom. The van der Waals surface area contributed by atoms with Crippen molar-refractivity contribution < 1.29 is 4.79 Å². The minimum Gasteiger partial charge on any atom is -0.351 e. The van der Waals surface area contributed by atoms with Gasteiger partial charge in [0.15, 0.2) is 5.13 Å². The summed E-state index contributed by atoms with van der Waals surface area (Å²) in [4.78, 5) is 22.5. The van der Waals surface area contributed by atoms with Crippen molar-refractivity contribution in [3.8, 4) is 0 Å². The van der Waals surface area contributed by atoms with Crippen molar-refractivity contribution in [1.29, 1.82) is 0 Å². The summed E-state index contributed by atoms with van der Waals surface area (Å²) in [5.41, 5.74) is 5.45. The number of carbonyl (C=O) groups is 1. The molecule has 0 radical (unpaired) electrons. The smallest absolute Gasteiger partial charge is 0.314 e. The lowest BCUT2D eigenvalue weighted by molar-refractivity contribution is 0.170. The monoisotopic (exact) mass is 309 g/mol. The highest BCUT2D eigenvalue weighted by Gasteiger charge is 2.45. The summed E-state index contributed by atoms with van der Waals surface area (Å²) in [6, 6.07) is 0.663. The summed E-state index contributed by atoms with van der Waals surface area (Å²) in [5, 5.41) is 3.15. The number of thiazole rings is 1. The van der Waals surface area contributed by atoms with Crippen LogP contribution in [0.15, 0.2) is 11.6 Å². The molecule has 0 aromatic carbocycles. The van der Waals surface area contributed by atoms with Gasteiger partial charge in [-0.15, -0.1) is 11.3 Å². The number of likely N-dealkylation sites (N-methyl/N-ethyl adjacent to an activating group) is 1. The Kier molecular flexibility index (Phi) is 4.03. The maximum Gasteiger partial charge on any atom is 0.314 e. The van der Waals surface area contributed by atoms with Crippen molar-refractivity contribution in [2.24, 2.45) is 11.7 Å². The molecule has 21 heavy (non-hydrogen) atoms. The largest absolute Gasteiger partial charge is 0.351 e. The highest BCUT2D eigenvalue weighted by atomic mass is 32.1. The average molecular weight is 309 g/mol. The van der Waals surface area contributed by atoms with E-state index < -0.39 is 0 Å². The average Bonchev–Trinajstić information content (AvgIpc) is 3.02. The first-order chi connectivity index (χ1) is 10.1. The van der Waals surface area contributed by atoms with Gasteiger partial charge in [0.1, 0.15) is 0 Å². The Balaban J connectivity index is 1.81. The van der Waals surface area contributed by atoms with Crippen molar-refractivity contribution in [3.63, 3.8) is 0 Å². The predicted molar refractivity (Wildman–Crippen MR) is 84.6 cm³/mol. The van der Waals surface area contributed by atoms with Crippen LogP contribution in [0.2, 0.25) is 0 Å². The first-order valence-corrected chi connectivity index (χ1v) is 8.31. The van der Waals surface area contributed by atoms with Gasteiger partial charge in [-0.25, -0.2) is 9.78 Å². The van der Waals surface area contributed by atoms with Crippen molar-refractivity contribution in [2.75, 3.05) is 38.6 Å². The third-order valence-electron chi connectivity index (χ3n) is 4.55. The number of fused-ring (bicyclic) bond motifs is 1. The Labute approximate surface area is 129 Å². The van der Waals surface area contributed by atoms with E-state index in [4.69, 9.17) is 5.73 Å². The van der Waals surface area contributed by atoms with Crippen LogP contribution >= 0.6 is 11.3 Å². The van der Waals surface area contributed by atoms with Crippen LogP contribution in [0, 0.1) is 5.92 Å². The van der Waals surface area contributed by atoms with Crippen molar-refractivity contribution >= 4 is 22.5 Å². The molecule has 2 fully saturated rings. The number of hydrogen-bond acceptors (Lipinski definition) is 5. The predicted octanol–water partition coefficient (Wildman–Crippen LogP) is 1.05. The lowest BCUT2D eigenvalue weighted by atomic mass is 9.92. The van der Waals surface area contributed by atoms with Gasteiger partial charge in [0.2, 0.25) is 0 Å². The fraction of sp³-hybridized carbons (Fsp3) is 0.714. The van der Waals surface area contributed by atoms with Crippen LogP contribution in [0.1, 0.15) is 12.8 Å². The van der Waals surface area contributed by atoms with Crippen LogP contribution in [0.5, 0.6) is 0 Å². The second-order valence-electron chi connectivity index (χ2n) is 6.27. The molecular weight excluding hydrogens is 286 g/mol. The molecule has 2 amide bonds. The molecule has 0 aliphatic carbocycles. The second-order valence-corrected chi connectivity index (χ2v) is 7.15. The SMILES string of the molecule is CN(C)C[C@@H]1C[C@@H]2CN(C(N)=O)CC[C@@H]2N1c1nccs1. The van der Waals surface area contributed by atoms with E-state index in [2.05, 4.69) is 28.9 Å². The number of nitrogens with two attached hydrogens (primary N) is 1. The molecule has 0 saturated carbocycles. The third-order valence-corrected chi connectivity index (χ3v) is 5.33. The molecule has 2 aliphatic heterocycles.